The van der Waals surface area contributed by atoms with Gasteiger partial charge in [0.25, 0.3) is 29.6 Å². The molecule has 2 saturated heterocycles. The van der Waals surface area contributed by atoms with Gasteiger partial charge in [0.1, 0.15) is 0 Å². The summed E-state index contributed by atoms with van der Waals surface area (Å²) in [7, 11) is 0. The van der Waals surface area contributed by atoms with Crippen LogP contribution in [0, 0.1) is 0 Å². The number of amides is 4. The van der Waals surface area contributed by atoms with Gasteiger partial charge < -0.3 is 0 Å². The van der Waals surface area contributed by atoms with Gasteiger partial charge in [-0.15, -0.1) is 5.12 Å². The Hall–Kier alpha value is -2.84. The molecule has 21 heavy (non-hydrogen) atoms. The molecule has 2 aliphatic rings. The first-order chi connectivity index (χ1) is 10.1. The van der Waals surface area contributed by atoms with Crippen LogP contribution >= 0.6 is 0 Å². The van der Waals surface area contributed by atoms with E-state index in [0.29, 0.717) is 0 Å². The fraction of sp³-hybridized carbons (Fsp3) is 0.333. The highest BCUT2D eigenvalue weighted by molar-refractivity contribution is 6.07. The zero-order valence-electron chi connectivity index (χ0n) is 10.9. The Labute approximate surface area is 119 Å². The largest absolute Gasteiger partial charge is 0.272 e. The summed E-state index contributed by atoms with van der Waals surface area (Å²) in [6, 6.07) is 1.54. The Kier molecular flexibility index (Phi) is 3.09. The van der Waals surface area contributed by atoms with Crippen LogP contribution in [0.2, 0.25) is 0 Å². The van der Waals surface area contributed by atoms with Crippen LogP contribution in [0.15, 0.2) is 18.5 Å². The van der Waals surface area contributed by atoms with Crippen molar-refractivity contribution in [2.45, 2.75) is 25.7 Å². The Balaban J connectivity index is 2.07. The molecule has 0 N–H and O–H groups in total. The minimum Gasteiger partial charge on any atom is -0.272 e. The average Bonchev–Trinajstić information content (AvgIpc) is 2.98. The van der Waals surface area contributed by atoms with E-state index in [1.54, 1.807) is 6.07 Å². The number of nitrogens with zero attached hydrogens (tertiary/aromatic N) is 5. The van der Waals surface area contributed by atoms with Gasteiger partial charge in [-0.05, 0) is 6.07 Å². The summed E-state index contributed by atoms with van der Waals surface area (Å²) >= 11 is 0. The normalized spacial score (nSPS) is 18.9. The van der Waals surface area contributed by atoms with E-state index >= 15 is 0 Å². The predicted molar refractivity (Wildman–Crippen MR) is 66.7 cm³/mol. The van der Waals surface area contributed by atoms with Gasteiger partial charge in [-0.3, -0.25) is 19.2 Å². The van der Waals surface area contributed by atoms with Crippen LogP contribution in [-0.4, -0.2) is 43.6 Å². The third-order valence-electron chi connectivity index (χ3n) is 3.16. The molecule has 3 rings (SSSR count). The van der Waals surface area contributed by atoms with Crippen LogP contribution in [0.1, 0.15) is 25.7 Å². The van der Waals surface area contributed by atoms with E-state index in [9.17, 15) is 19.2 Å². The van der Waals surface area contributed by atoms with Crippen molar-refractivity contribution in [1.82, 2.24) is 20.0 Å². The van der Waals surface area contributed by atoms with E-state index in [2.05, 4.69) is 9.97 Å². The molecule has 1 aromatic rings. The lowest BCUT2D eigenvalue weighted by molar-refractivity contribution is -0.149. The van der Waals surface area contributed by atoms with Gasteiger partial charge in [-0.25, -0.2) is 9.97 Å². The second-order valence-corrected chi connectivity index (χ2v) is 4.54. The van der Waals surface area contributed by atoms with Crippen LogP contribution in [0.5, 0.6) is 0 Å². The molecule has 3 heterocycles. The second kappa shape index (κ2) is 4.93. The Morgan fingerprint density at radius 1 is 0.762 bits per heavy atom. The van der Waals surface area contributed by atoms with Crippen molar-refractivity contribution in [2.24, 2.45) is 0 Å². The number of carbonyl (C=O) groups excluding carboxylic acids is 4. The molecule has 0 bridgehead atoms. The van der Waals surface area contributed by atoms with Crippen LogP contribution in [0.4, 0.5) is 5.95 Å². The van der Waals surface area contributed by atoms with Crippen molar-refractivity contribution in [1.29, 1.82) is 0 Å². The molecule has 0 aromatic carbocycles. The quantitative estimate of drug-likeness (QED) is 0.685. The zero-order chi connectivity index (χ0) is 15.0. The van der Waals surface area contributed by atoms with Gasteiger partial charge in [0.15, 0.2) is 0 Å². The molecule has 108 valence electrons. The molecule has 0 spiro atoms. The van der Waals surface area contributed by atoms with Gasteiger partial charge in [-0.1, -0.05) is 0 Å². The fourth-order valence-corrected chi connectivity index (χ4v) is 2.21. The molecule has 9 nitrogen and oxygen atoms in total. The summed E-state index contributed by atoms with van der Waals surface area (Å²) in [5.41, 5.74) is 0. The highest BCUT2D eigenvalue weighted by Gasteiger charge is 2.44. The van der Waals surface area contributed by atoms with Crippen LogP contribution < -0.4 is 5.12 Å². The third-order valence-corrected chi connectivity index (χ3v) is 3.16. The Morgan fingerprint density at radius 3 is 1.52 bits per heavy atom. The molecule has 0 aliphatic carbocycles. The molecule has 0 atom stereocenters. The van der Waals surface area contributed by atoms with Gasteiger partial charge in [0.2, 0.25) is 0 Å². The van der Waals surface area contributed by atoms with Gasteiger partial charge in [-0.2, -0.15) is 10.0 Å². The van der Waals surface area contributed by atoms with E-state index in [-0.39, 0.29) is 31.6 Å². The molecule has 0 saturated carbocycles. The second-order valence-electron chi connectivity index (χ2n) is 4.54. The molecule has 0 radical (unpaired) electrons. The van der Waals surface area contributed by atoms with Crippen molar-refractivity contribution < 1.29 is 19.2 Å². The van der Waals surface area contributed by atoms with Crippen LogP contribution in [0.3, 0.4) is 0 Å². The molecule has 1 aromatic heterocycles. The Bertz CT molecular complexity index is 564. The minimum atomic E-state index is -0.500. The van der Waals surface area contributed by atoms with E-state index in [1.165, 1.54) is 12.4 Å². The lowest BCUT2D eigenvalue weighted by atomic mass is 10.4. The molecule has 4 amide bonds. The van der Waals surface area contributed by atoms with Gasteiger partial charge in [0, 0.05) is 38.1 Å². The smallest absolute Gasteiger partial charge is 0.265 e. The molecule has 2 aliphatic heterocycles. The number of anilines is 1. The molecule has 0 unspecified atom stereocenters. The van der Waals surface area contributed by atoms with Gasteiger partial charge >= 0.3 is 0 Å². The number of carbonyl (C=O) groups is 4. The fourth-order valence-electron chi connectivity index (χ4n) is 2.21. The highest BCUT2D eigenvalue weighted by atomic mass is 16.2. The van der Waals surface area contributed by atoms with E-state index in [0.717, 1.165) is 15.1 Å². The maximum absolute atomic E-state index is 11.9. The first-order valence-electron chi connectivity index (χ1n) is 6.38. The minimum absolute atomic E-state index is 0.0262. The number of imide groups is 2. The van der Waals surface area contributed by atoms with Crippen molar-refractivity contribution in [2.75, 3.05) is 5.12 Å². The topological polar surface area (TPSA) is 104 Å². The molecule has 2 fully saturated rings. The zero-order valence-corrected chi connectivity index (χ0v) is 10.9. The standard InChI is InChI=1S/C12H11N5O4/c18-8-2-3-9(19)15(8)17(12-13-6-1-7-14-12)16-10(20)4-5-11(16)21/h1,6-7H,2-5H2. The number of hydrogen-bond acceptors (Lipinski definition) is 7. The van der Waals surface area contributed by atoms with Crippen molar-refractivity contribution >= 4 is 29.6 Å². The molecular weight excluding hydrogens is 278 g/mol. The van der Waals surface area contributed by atoms with Crippen molar-refractivity contribution in [3.63, 3.8) is 0 Å². The molecular formula is C12H11N5O4. The SMILES string of the molecule is O=C1CCC(=O)N1N(c1ncccn1)N1C(=O)CCC1=O. The van der Waals surface area contributed by atoms with E-state index in [1.807, 2.05) is 0 Å². The van der Waals surface area contributed by atoms with Crippen molar-refractivity contribution in [3.8, 4) is 0 Å². The van der Waals surface area contributed by atoms with Crippen molar-refractivity contribution in [3.05, 3.63) is 18.5 Å². The van der Waals surface area contributed by atoms with Gasteiger partial charge in [0.05, 0.1) is 0 Å². The number of hydrazine groups is 2. The number of aromatic nitrogens is 2. The summed E-state index contributed by atoms with van der Waals surface area (Å²) in [5.74, 6) is -2.08. The monoisotopic (exact) mass is 289 g/mol. The maximum atomic E-state index is 11.9. The van der Waals surface area contributed by atoms with Crippen LogP contribution in [-0.2, 0) is 19.2 Å². The lowest BCUT2D eigenvalue weighted by Gasteiger charge is -2.34. The lowest BCUT2D eigenvalue weighted by Crippen LogP contribution is -2.58. The Morgan fingerprint density at radius 2 is 1.14 bits per heavy atom. The summed E-state index contributed by atoms with van der Waals surface area (Å²) in [4.78, 5) is 55.6. The number of hydrogen-bond donors (Lipinski definition) is 0. The average molecular weight is 289 g/mol. The summed E-state index contributed by atoms with van der Waals surface area (Å²) in [5, 5.41) is 2.40. The molecule has 9 heteroatoms. The first-order valence-corrected chi connectivity index (χ1v) is 6.38. The summed E-state index contributed by atoms with van der Waals surface area (Å²) in [6.07, 6.45) is 2.89. The third kappa shape index (κ3) is 2.12. The van der Waals surface area contributed by atoms with Crippen LogP contribution in [0.25, 0.3) is 0 Å². The summed E-state index contributed by atoms with van der Waals surface area (Å²) < 4.78 is 0. The first kappa shape index (κ1) is 13.2. The highest BCUT2D eigenvalue weighted by Crippen LogP contribution is 2.25. The number of rotatable bonds is 3. The predicted octanol–water partition coefficient (Wildman–Crippen LogP) is -0.589. The summed E-state index contributed by atoms with van der Waals surface area (Å²) in [6.45, 7) is 0. The maximum Gasteiger partial charge on any atom is 0.265 e. The van der Waals surface area contributed by atoms with E-state index in [4.69, 9.17) is 0 Å². The van der Waals surface area contributed by atoms with E-state index < -0.39 is 23.6 Å².